The highest BCUT2D eigenvalue weighted by Crippen LogP contribution is 2.25. The van der Waals surface area contributed by atoms with Gasteiger partial charge in [0.15, 0.2) is 5.82 Å². The molecule has 2 aromatic carbocycles. The van der Waals surface area contributed by atoms with Gasteiger partial charge in [0.1, 0.15) is 0 Å². The molecule has 49 heavy (non-hydrogen) atoms. The third-order valence-corrected chi connectivity index (χ3v) is 9.07. The highest BCUT2D eigenvalue weighted by molar-refractivity contribution is 6.00. The molecule has 3 aliphatic heterocycles. The summed E-state index contributed by atoms with van der Waals surface area (Å²) in [6.07, 6.45) is 0.827. The number of ether oxygens (including phenoxy) is 1. The van der Waals surface area contributed by atoms with E-state index >= 15 is 0 Å². The van der Waals surface area contributed by atoms with Crippen LogP contribution in [-0.4, -0.2) is 133 Å². The second kappa shape index (κ2) is 15.6. The molecular weight excluding hydrogens is 624 g/mol. The number of urea groups is 1. The summed E-state index contributed by atoms with van der Waals surface area (Å²) in [5, 5.41) is 5.71. The summed E-state index contributed by atoms with van der Waals surface area (Å²) in [7, 11) is 2.05. The lowest BCUT2D eigenvalue weighted by Crippen LogP contribution is -2.47. The van der Waals surface area contributed by atoms with Gasteiger partial charge in [0.25, 0.3) is 5.91 Å². The number of likely N-dealkylation sites (N-methyl/N-ethyl adjacent to an activating group) is 1. The first kappa shape index (κ1) is 34.1. The number of morpholine rings is 1. The van der Waals surface area contributed by atoms with E-state index in [-0.39, 0.29) is 17.7 Å². The smallest absolute Gasteiger partial charge is 0.323 e. The third kappa shape index (κ3) is 8.62. The van der Waals surface area contributed by atoms with Gasteiger partial charge >= 0.3 is 6.03 Å². The fourth-order valence-electron chi connectivity index (χ4n) is 6.12. The van der Waals surface area contributed by atoms with Crippen molar-refractivity contribution in [2.75, 3.05) is 106 Å². The van der Waals surface area contributed by atoms with Crippen LogP contribution in [0, 0.1) is 5.92 Å². The number of nitrogens with one attached hydrogen (secondary N) is 2. The van der Waals surface area contributed by atoms with Crippen LogP contribution in [0.5, 0.6) is 0 Å². The molecule has 3 fully saturated rings. The van der Waals surface area contributed by atoms with Gasteiger partial charge in [0, 0.05) is 93.9 Å². The fraction of sp³-hybridized carbons (Fsp3) is 0.486. The summed E-state index contributed by atoms with van der Waals surface area (Å²) < 4.78 is 5.56. The summed E-state index contributed by atoms with van der Waals surface area (Å²) in [6, 6.07) is 13.9. The molecular formula is C35H46N10O4. The Kier molecular flexibility index (Phi) is 10.8. The van der Waals surface area contributed by atoms with Crippen molar-refractivity contribution in [3.63, 3.8) is 0 Å². The van der Waals surface area contributed by atoms with Crippen LogP contribution in [0.25, 0.3) is 11.4 Å². The fourth-order valence-corrected chi connectivity index (χ4v) is 6.12. The number of nitrogens with zero attached hydrogens (tertiary/aromatic N) is 8. The number of rotatable bonds is 7. The van der Waals surface area contributed by atoms with Gasteiger partial charge in [-0.3, -0.25) is 9.59 Å². The molecule has 4 amide bonds. The minimum Gasteiger partial charge on any atom is -0.378 e. The maximum Gasteiger partial charge on any atom is 0.323 e. The van der Waals surface area contributed by atoms with Gasteiger partial charge in [0.05, 0.1) is 13.2 Å². The van der Waals surface area contributed by atoms with Crippen LogP contribution in [0.2, 0.25) is 0 Å². The predicted molar refractivity (Wildman–Crippen MR) is 189 cm³/mol. The van der Waals surface area contributed by atoms with Gasteiger partial charge in [-0.15, -0.1) is 0 Å². The van der Waals surface area contributed by atoms with Crippen molar-refractivity contribution in [1.82, 2.24) is 29.7 Å². The molecule has 6 rings (SSSR count). The lowest BCUT2D eigenvalue weighted by Gasteiger charge is -2.32. The van der Waals surface area contributed by atoms with Crippen molar-refractivity contribution in [2.24, 2.45) is 5.92 Å². The van der Waals surface area contributed by atoms with Crippen molar-refractivity contribution in [2.45, 2.75) is 20.3 Å². The first-order valence-corrected chi connectivity index (χ1v) is 17.1. The SMILES string of the molecule is CC(C)C(=O)N1CCCN(c2nc(-c3ccc(NC(=O)Nc4ccc(C(=O)N5CCN(C)CC5)cc4)cc3)nc(N3CCOCC3)n2)CC1. The van der Waals surface area contributed by atoms with E-state index in [1.165, 1.54) is 0 Å². The number of hydrogen-bond acceptors (Lipinski definition) is 10. The van der Waals surface area contributed by atoms with Crippen LogP contribution in [0.1, 0.15) is 30.6 Å². The topological polar surface area (TPSA) is 139 Å². The molecule has 3 saturated heterocycles. The summed E-state index contributed by atoms with van der Waals surface area (Å²) in [4.78, 5) is 63.2. The molecule has 0 atom stereocenters. The van der Waals surface area contributed by atoms with Crippen LogP contribution in [0.3, 0.4) is 0 Å². The van der Waals surface area contributed by atoms with E-state index in [0.29, 0.717) is 93.7 Å². The molecule has 2 N–H and O–H groups in total. The van der Waals surface area contributed by atoms with Crippen molar-refractivity contribution in [1.29, 1.82) is 0 Å². The number of hydrogen-bond donors (Lipinski definition) is 2. The van der Waals surface area contributed by atoms with Crippen LogP contribution >= 0.6 is 0 Å². The summed E-state index contributed by atoms with van der Waals surface area (Å²) >= 11 is 0. The largest absolute Gasteiger partial charge is 0.378 e. The lowest BCUT2D eigenvalue weighted by molar-refractivity contribution is -0.134. The Hall–Kier alpha value is -4.82. The Balaban J connectivity index is 1.11. The van der Waals surface area contributed by atoms with Gasteiger partial charge in [0.2, 0.25) is 17.8 Å². The number of anilines is 4. The Morgan fingerprint density at radius 2 is 1.24 bits per heavy atom. The Morgan fingerprint density at radius 1 is 0.673 bits per heavy atom. The monoisotopic (exact) mass is 670 g/mol. The van der Waals surface area contributed by atoms with Gasteiger partial charge in [-0.1, -0.05) is 13.8 Å². The van der Waals surface area contributed by atoms with Crippen molar-refractivity contribution < 1.29 is 19.1 Å². The van der Waals surface area contributed by atoms with Crippen LogP contribution in [-0.2, 0) is 9.53 Å². The number of amides is 4. The molecule has 0 radical (unpaired) electrons. The summed E-state index contributed by atoms with van der Waals surface area (Å²) in [5.41, 5.74) is 2.58. The minimum absolute atomic E-state index is 0.00255. The van der Waals surface area contributed by atoms with Gasteiger partial charge in [-0.2, -0.15) is 15.0 Å². The summed E-state index contributed by atoms with van der Waals surface area (Å²) in [5.74, 6) is 1.85. The first-order valence-electron chi connectivity index (χ1n) is 17.1. The molecule has 0 bridgehead atoms. The maximum atomic E-state index is 12.9. The maximum absolute atomic E-state index is 12.9. The van der Waals surface area contributed by atoms with Gasteiger partial charge in [-0.05, 0) is 62.0 Å². The highest BCUT2D eigenvalue weighted by Gasteiger charge is 2.25. The molecule has 3 aromatic rings. The van der Waals surface area contributed by atoms with Gasteiger partial charge < -0.3 is 39.9 Å². The van der Waals surface area contributed by atoms with Crippen LogP contribution < -0.4 is 20.4 Å². The van der Waals surface area contributed by atoms with E-state index in [1.807, 2.05) is 47.9 Å². The normalized spacial score (nSPS) is 17.6. The minimum atomic E-state index is -0.394. The van der Waals surface area contributed by atoms with Crippen molar-refractivity contribution in [3.8, 4) is 11.4 Å². The van der Waals surface area contributed by atoms with Gasteiger partial charge in [-0.25, -0.2) is 4.79 Å². The van der Waals surface area contributed by atoms with E-state index < -0.39 is 6.03 Å². The second-order valence-electron chi connectivity index (χ2n) is 13.0. The zero-order chi connectivity index (χ0) is 34.3. The summed E-state index contributed by atoms with van der Waals surface area (Å²) in [6.45, 7) is 12.3. The molecule has 1 aromatic heterocycles. The Morgan fingerprint density at radius 3 is 1.86 bits per heavy atom. The highest BCUT2D eigenvalue weighted by atomic mass is 16.5. The standard InChI is InChI=1S/C35H46N10O4/c1-25(2)31(46)42-13-4-14-44(20-19-42)33-38-30(39-34(40-33)45-21-23-49-24-22-45)26-5-9-28(10-6-26)36-35(48)37-29-11-7-27(8-12-29)32(47)43-17-15-41(3)16-18-43/h5-12,25H,4,13-24H2,1-3H3,(H2,36,37,48). The zero-order valence-corrected chi connectivity index (χ0v) is 28.6. The number of benzene rings is 2. The predicted octanol–water partition coefficient (Wildman–Crippen LogP) is 3.10. The van der Waals surface area contributed by atoms with E-state index in [1.54, 1.807) is 24.3 Å². The van der Waals surface area contributed by atoms with Crippen LogP contribution in [0.15, 0.2) is 48.5 Å². The van der Waals surface area contributed by atoms with Crippen molar-refractivity contribution >= 4 is 41.1 Å². The van der Waals surface area contributed by atoms with E-state index in [2.05, 4.69) is 32.4 Å². The molecule has 0 saturated carbocycles. The van der Waals surface area contributed by atoms with Crippen molar-refractivity contribution in [3.05, 3.63) is 54.1 Å². The molecule has 14 heteroatoms. The Labute approximate surface area is 287 Å². The molecule has 3 aliphatic rings. The third-order valence-electron chi connectivity index (χ3n) is 9.07. The molecule has 14 nitrogen and oxygen atoms in total. The zero-order valence-electron chi connectivity index (χ0n) is 28.6. The lowest BCUT2D eigenvalue weighted by atomic mass is 10.1. The van der Waals surface area contributed by atoms with E-state index in [0.717, 1.165) is 31.6 Å². The first-order chi connectivity index (χ1) is 23.7. The van der Waals surface area contributed by atoms with Crippen LogP contribution in [0.4, 0.5) is 28.1 Å². The number of carbonyl (C=O) groups excluding carboxylic acids is 3. The molecule has 0 spiro atoms. The molecule has 0 unspecified atom stereocenters. The second-order valence-corrected chi connectivity index (χ2v) is 13.0. The number of carbonyl (C=O) groups is 3. The molecule has 260 valence electrons. The quantitative estimate of drug-likeness (QED) is 0.386. The number of aromatic nitrogens is 3. The average Bonchev–Trinajstić information content (AvgIpc) is 3.39. The Bertz CT molecular complexity index is 1600. The van der Waals surface area contributed by atoms with E-state index in [4.69, 9.17) is 19.7 Å². The molecule has 0 aliphatic carbocycles. The number of piperazine rings is 1. The molecule has 4 heterocycles. The van der Waals surface area contributed by atoms with E-state index in [9.17, 15) is 14.4 Å². The average molecular weight is 671 g/mol.